The summed E-state index contributed by atoms with van der Waals surface area (Å²) in [5.41, 5.74) is 1.88. The van der Waals surface area contributed by atoms with Crippen LogP contribution < -0.4 is 5.32 Å². The molecule has 1 N–H and O–H groups in total. The Bertz CT molecular complexity index is 801. The number of nitrogens with one attached hydrogen (secondary N) is 1. The van der Waals surface area contributed by atoms with Gasteiger partial charge in [0.05, 0.1) is 16.1 Å². The maximum atomic E-state index is 13.3. The number of halogens is 1. The summed E-state index contributed by atoms with van der Waals surface area (Å²) in [5, 5.41) is 8.60. The molecule has 6 heteroatoms. The second kappa shape index (κ2) is 8.03. The van der Waals surface area contributed by atoms with E-state index in [2.05, 4.69) is 26.1 Å². The van der Waals surface area contributed by atoms with Crippen molar-refractivity contribution in [3.8, 4) is 11.3 Å². The van der Waals surface area contributed by atoms with Gasteiger partial charge in [-0.3, -0.25) is 9.48 Å². The first kappa shape index (κ1) is 19.9. The predicted molar refractivity (Wildman–Crippen MR) is 110 cm³/mol. The predicted octanol–water partition coefficient (Wildman–Crippen LogP) is 4.03. The summed E-state index contributed by atoms with van der Waals surface area (Å²) in [5.74, 6) is 0.683. The Morgan fingerprint density at radius 2 is 1.93 bits per heavy atom. The fraction of sp³-hybridized carbons (Fsp3) is 0.524. The van der Waals surface area contributed by atoms with Crippen molar-refractivity contribution in [2.75, 3.05) is 26.7 Å². The molecule has 1 fully saturated rings. The lowest BCUT2D eigenvalue weighted by molar-refractivity contribution is 0.0691. The molecule has 0 saturated carbocycles. The highest BCUT2D eigenvalue weighted by atomic mass is 35.5. The third kappa shape index (κ3) is 4.36. The summed E-state index contributed by atoms with van der Waals surface area (Å²) in [6.07, 6.45) is 3.93. The van der Waals surface area contributed by atoms with Gasteiger partial charge < -0.3 is 10.2 Å². The zero-order valence-corrected chi connectivity index (χ0v) is 17.4. The van der Waals surface area contributed by atoms with Crippen LogP contribution in [0.4, 0.5) is 0 Å². The molecule has 0 aliphatic carbocycles. The molecule has 1 amide bonds. The molecule has 0 radical (unpaired) electrons. The van der Waals surface area contributed by atoms with Crippen molar-refractivity contribution in [2.45, 2.75) is 39.2 Å². The van der Waals surface area contributed by atoms with Gasteiger partial charge in [-0.1, -0.05) is 29.8 Å². The normalized spacial score (nSPS) is 16.0. The standard InChI is InChI=1S/C21H29ClN4O/c1-21(2,3)26-14-17(19(24-26)16-7-5-6-8-18(16)22)20(27)25-11-9-15(10-12-25)13-23-4/h5-8,14-15,23H,9-13H2,1-4H3. The molecule has 1 aliphatic heterocycles. The highest BCUT2D eigenvalue weighted by molar-refractivity contribution is 6.33. The minimum Gasteiger partial charge on any atom is -0.339 e. The second-order valence-corrected chi connectivity index (χ2v) is 8.69. The summed E-state index contributed by atoms with van der Waals surface area (Å²) in [6, 6.07) is 7.58. The van der Waals surface area contributed by atoms with E-state index in [1.807, 2.05) is 47.1 Å². The fourth-order valence-corrected chi connectivity index (χ4v) is 3.75. The smallest absolute Gasteiger partial charge is 0.257 e. The largest absolute Gasteiger partial charge is 0.339 e. The molecule has 5 nitrogen and oxygen atoms in total. The summed E-state index contributed by atoms with van der Waals surface area (Å²) < 4.78 is 1.87. The number of piperidine rings is 1. The van der Waals surface area contributed by atoms with E-state index in [9.17, 15) is 4.79 Å². The van der Waals surface area contributed by atoms with Crippen molar-refractivity contribution in [3.05, 3.63) is 41.0 Å². The van der Waals surface area contributed by atoms with Crippen LogP contribution in [0.5, 0.6) is 0 Å². The summed E-state index contributed by atoms with van der Waals surface area (Å²) in [4.78, 5) is 15.3. The number of nitrogens with zero attached hydrogens (tertiary/aromatic N) is 3. The molecule has 3 rings (SSSR count). The van der Waals surface area contributed by atoms with Crippen molar-refractivity contribution in [1.82, 2.24) is 20.0 Å². The second-order valence-electron chi connectivity index (χ2n) is 8.28. The first-order valence-electron chi connectivity index (χ1n) is 9.60. The molecule has 0 atom stereocenters. The third-order valence-corrected chi connectivity index (χ3v) is 5.49. The van der Waals surface area contributed by atoms with Crippen LogP contribution in [0.1, 0.15) is 44.0 Å². The number of hydrogen-bond acceptors (Lipinski definition) is 3. The topological polar surface area (TPSA) is 50.2 Å². The summed E-state index contributed by atoms with van der Waals surface area (Å²) in [7, 11) is 1.98. The van der Waals surface area contributed by atoms with Crippen LogP contribution in [-0.4, -0.2) is 47.3 Å². The van der Waals surface area contributed by atoms with Crippen LogP contribution in [0.25, 0.3) is 11.3 Å². The molecule has 2 heterocycles. The lowest BCUT2D eigenvalue weighted by Crippen LogP contribution is -2.40. The molecule has 2 aromatic rings. The number of aromatic nitrogens is 2. The van der Waals surface area contributed by atoms with Crippen molar-refractivity contribution in [3.63, 3.8) is 0 Å². The Morgan fingerprint density at radius 3 is 2.52 bits per heavy atom. The Kier molecular flexibility index (Phi) is 5.92. The monoisotopic (exact) mass is 388 g/mol. The van der Waals surface area contributed by atoms with Gasteiger partial charge in [-0.25, -0.2) is 0 Å². The minimum atomic E-state index is -0.214. The van der Waals surface area contributed by atoms with Crippen molar-refractivity contribution >= 4 is 17.5 Å². The summed E-state index contributed by atoms with van der Waals surface area (Å²) in [6.45, 7) is 8.81. The van der Waals surface area contributed by atoms with Crippen LogP contribution >= 0.6 is 11.6 Å². The number of carbonyl (C=O) groups excluding carboxylic acids is 1. The fourth-order valence-electron chi connectivity index (χ4n) is 3.53. The van der Waals surface area contributed by atoms with Crippen molar-refractivity contribution < 1.29 is 4.79 Å². The Labute approximate surface area is 166 Å². The van der Waals surface area contributed by atoms with Gasteiger partial charge >= 0.3 is 0 Å². The van der Waals surface area contributed by atoms with Gasteiger partial charge in [0, 0.05) is 24.8 Å². The van der Waals surface area contributed by atoms with E-state index in [-0.39, 0.29) is 11.4 Å². The van der Waals surface area contributed by atoms with E-state index in [1.54, 1.807) is 0 Å². The molecule has 146 valence electrons. The molecule has 0 bridgehead atoms. The van der Waals surface area contributed by atoms with E-state index >= 15 is 0 Å². The first-order valence-corrected chi connectivity index (χ1v) is 9.98. The molecule has 0 unspecified atom stereocenters. The van der Waals surface area contributed by atoms with Gasteiger partial charge in [-0.15, -0.1) is 0 Å². The molecule has 0 spiro atoms. The minimum absolute atomic E-state index is 0.0447. The van der Waals surface area contributed by atoms with Crippen LogP contribution in [0.3, 0.4) is 0 Å². The van der Waals surface area contributed by atoms with Gasteiger partial charge in [0.2, 0.25) is 0 Å². The van der Waals surface area contributed by atoms with Gasteiger partial charge in [0.1, 0.15) is 5.69 Å². The van der Waals surface area contributed by atoms with Gasteiger partial charge in [0.25, 0.3) is 5.91 Å². The molecular formula is C21H29ClN4O. The van der Waals surface area contributed by atoms with Crippen LogP contribution in [0.2, 0.25) is 5.02 Å². The van der Waals surface area contributed by atoms with E-state index in [0.29, 0.717) is 22.2 Å². The van der Waals surface area contributed by atoms with Crippen molar-refractivity contribution in [2.24, 2.45) is 5.92 Å². The van der Waals surface area contributed by atoms with Crippen molar-refractivity contribution in [1.29, 1.82) is 0 Å². The van der Waals surface area contributed by atoms with Crippen LogP contribution in [0, 0.1) is 5.92 Å². The Hall–Kier alpha value is -1.85. The maximum Gasteiger partial charge on any atom is 0.257 e. The molecule has 1 saturated heterocycles. The van der Waals surface area contributed by atoms with Gasteiger partial charge in [-0.2, -0.15) is 5.10 Å². The van der Waals surface area contributed by atoms with Gasteiger partial charge in [-0.05, 0) is 59.2 Å². The highest BCUT2D eigenvalue weighted by Gasteiger charge is 2.29. The molecule has 1 aliphatic rings. The SMILES string of the molecule is CNCC1CCN(C(=O)c2cn(C(C)(C)C)nc2-c2ccccc2Cl)CC1. The quantitative estimate of drug-likeness (QED) is 0.860. The summed E-state index contributed by atoms with van der Waals surface area (Å²) >= 11 is 6.42. The molecule has 1 aromatic heterocycles. The Balaban J connectivity index is 1.93. The number of amides is 1. The average Bonchev–Trinajstić information content (AvgIpc) is 3.08. The number of rotatable bonds is 4. The lowest BCUT2D eigenvalue weighted by atomic mass is 9.96. The number of likely N-dealkylation sites (tertiary alicyclic amines) is 1. The molecule has 27 heavy (non-hydrogen) atoms. The van der Waals surface area contributed by atoms with E-state index in [4.69, 9.17) is 16.7 Å². The molecule has 1 aromatic carbocycles. The average molecular weight is 389 g/mol. The zero-order chi connectivity index (χ0) is 19.6. The number of hydrogen-bond donors (Lipinski definition) is 1. The number of carbonyl (C=O) groups is 1. The number of benzene rings is 1. The Morgan fingerprint density at radius 1 is 1.26 bits per heavy atom. The van der Waals surface area contributed by atoms with Gasteiger partial charge in [0.15, 0.2) is 0 Å². The molecular weight excluding hydrogens is 360 g/mol. The first-order chi connectivity index (χ1) is 12.8. The van der Waals surface area contributed by atoms with E-state index in [0.717, 1.165) is 38.0 Å². The highest BCUT2D eigenvalue weighted by Crippen LogP contribution is 2.32. The third-order valence-electron chi connectivity index (χ3n) is 5.16. The van der Waals surface area contributed by atoms with E-state index < -0.39 is 0 Å². The maximum absolute atomic E-state index is 13.3. The van der Waals surface area contributed by atoms with Crippen LogP contribution in [-0.2, 0) is 5.54 Å². The zero-order valence-electron chi connectivity index (χ0n) is 16.6. The van der Waals surface area contributed by atoms with E-state index in [1.165, 1.54) is 0 Å². The van der Waals surface area contributed by atoms with Crippen LogP contribution in [0.15, 0.2) is 30.5 Å². The lowest BCUT2D eigenvalue weighted by Gasteiger charge is -2.32.